The van der Waals surface area contributed by atoms with E-state index in [2.05, 4.69) is 10.2 Å². The van der Waals surface area contributed by atoms with Gasteiger partial charge in [0.05, 0.1) is 11.6 Å². The van der Waals surface area contributed by atoms with Gasteiger partial charge in [0.15, 0.2) is 5.82 Å². The van der Waals surface area contributed by atoms with Crippen molar-refractivity contribution >= 4 is 10.0 Å². The fourth-order valence-corrected chi connectivity index (χ4v) is 2.72. The van der Waals surface area contributed by atoms with E-state index in [1.54, 1.807) is 28.8 Å². The highest BCUT2D eigenvalue weighted by Crippen LogP contribution is 2.39. The van der Waals surface area contributed by atoms with Crippen molar-refractivity contribution in [3.05, 3.63) is 29.8 Å². The largest absolute Gasteiger partial charge is 0.294 e. The van der Waals surface area contributed by atoms with Gasteiger partial charge in [-0.2, -0.15) is 5.26 Å². The molecule has 1 saturated carbocycles. The molecule has 0 saturated heterocycles. The predicted molar refractivity (Wildman–Crippen MR) is 69.8 cm³/mol. The maximum absolute atomic E-state index is 11.6. The maximum atomic E-state index is 11.6. The molecule has 0 unspecified atom stereocenters. The molecular formula is C12H11N5O2S. The standard InChI is InChI=1S/C12H11N5O2S/c13-7-8-2-1-3-9(6-8)11-15-16-12(20(14,18)19)17(11)10-4-5-10/h1-3,6,10H,4-5H2,(H2,14,18,19). The van der Waals surface area contributed by atoms with Gasteiger partial charge >= 0.3 is 0 Å². The number of sulfonamides is 1. The number of nitrogens with zero attached hydrogens (tertiary/aromatic N) is 4. The number of rotatable bonds is 3. The highest BCUT2D eigenvalue weighted by molar-refractivity contribution is 7.89. The quantitative estimate of drug-likeness (QED) is 0.897. The van der Waals surface area contributed by atoms with E-state index < -0.39 is 10.0 Å². The minimum Gasteiger partial charge on any atom is -0.294 e. The predicted octanol–water partition coefficient (Wildman–Crippen LogP) is 0.799. The summed E-state index contributed by atoms with van der Waals surface area (Å²) in [5, 5.41) is 21.5. The molecule has 1 aromatic heterocycles. The van der Waals surface area contributed by atoms with Crippen LogP contribution in [0.1, 0.15) is 24.4 Å². The Balaban J connectivity index is 2.20. The van der Waals surface area contributed by atoms with E-state index in [9.17, 15) is 8.42 Å². The van der Waals surface area contributed by atoms with Crippen LogP contribution in [0.3, 0.4) is 0 Å². The van der Waals surface area contributed by atoms with E-state index in [1.165, 1.54) is 0 Å². The molecule has 1 aliphatic rings. The van der Waals surface area contributed by atoms with Crippen molar-refractivity contribution in [3.8, 4) is 17.5 Å². The topological polar surface area (TPSA) is 115 Å². The van der Waals surface area contributed by atoms with Gasteiger partial charge in [-0.1, -0.05) is 12.1 Å². The van der Waals surface area contributed by atoms with Crippen molar-refractivity contribution in [3.63, 3.8) is 0 Å². The van der Waals surface area contributed by atoms with Crippen LogP contribution in [-0.2, 0) is 10.0 Å². The monoisotopic (exact) mass is 289 g/mol. The van der Waals surface area contributed by atoms with Crippen molar-refractivity contribution in [2.45, 2.75) is 24.0 Å². The van der Waals surface area contributed by atoms with Crippen LogP contribution in [0.15, 0.2) is 29.4 Å². The van der Waals surface area contributed by atoms with Crippen LogP contribution in [0.5, 0.6) is 0 Å². The summed E-state index contributed by atoms with van der Waals surface area (Å²) in [6.07, 6.45) is 1.73. The first-order valence-corrected chi connectivity index (χ1v) is 7.53. The fourth-order valence-electron chi connectivity index (χ4n) is 2.06. The summed E-state index contributed by atoms with van der Waals surface area (Å²) in [6, 6.07) is 8.89. The highest BCUT2D eigenvalue weighted by atomic mass is 32.2. The van der Waals surface area contributed by atoms with Crippen molar-refractivity contribution in [1.29, 1.82) is 5.26 Å². The molecule has 2 aromatic rings. The molecule has 7 nitrogen and oxygen atoms in total. The van der Waals surface area contributed by atoms with Gasteiger partial charge in [0, 0.05) is 11.6 Å². The van der Waals surface area contributed by atoms with E-state index >= 15 is 0 Å². The Hall–Kier alpha value is -2.24. The van der Waals surface area contributed by atoms with Crippen LogP contribution in [0.2, 0.25) is 0 Å². The number of primary sulfonamides is 1. The molecule has 3 rings (SSSR count). The van der Waals surface area contributed by atoms with Gasteiger partial charge in [-0.15, -0.1) is 10.2 Å². The van der Waals surface area contributed by atoms with E-state index in [0.29, 0.717) is 17.0 Å². The molecule has 102 valence electrons. The minimum atomic E-state index is -3.92. The van der Waals surface area contributed by atoms with Crippen molar-refractivity contribution < 1.29 is 8.42 Å². The highest BCUT2D eigenvalue weighted by Gasteiger charge is 2.33. The number of nitriles is 1. The molecule has 20 heavy (non-hydrogen) atoms. The van der Waals surface area contributed by atoms with Crippen molar-refractivity contribution in [1.82, 2.24) is 14.8 Å². The molecular weight excluding hydrogens is 278 g/mol. The second-order valence-corrected chi connectivity index (χ2v) is 6.10. The summed E-state index contributed by atoms with van der Waals surface area (Å²) in [5.74, 6) is 0.425. The minimum absolute atomic E-state index is 0.0547. The molecule has 2 N–H and O–H groups in total. The third kappa shape index (κ3) is 2.17. The number of hydrogen-bond acceptors (Lipinski definition) is 5. The Bertz CT molecular complexity index is 815. The summed E-state index contributed by atoms with van der Waals surface area (Å²) in [6.45, 7) is 0. The zero-order valence-corrected chi connectivity index (χ0v) is 11.2. The van der Waals surface area contributed by atoms with Crippen LogP contribution in [-0.4, -0.2) is 23.2 Å². The normalized spacial score (nSPS) is 15.0. The molecule has 0 amide bonds. The third-order valence-electron chi connectivity index (χ3n) is 3.08. The van der Waals surface area contributed by atoms with E-state index in [1.807, 2.05) is 6.07 Å². The summed E-state index contributed by atoms with van der Waals surface area (Å²) < 4.78 is 24.7. The second-order valence-electron chi connectivity index (χ2n) is 4.64. The second kappa shape index (κ2) is 4.40. The average molecular weight is 289 g/mol. The summed E-state index contributed by atoms with van der Waals surface area (Å²) >= 11 is 0. The smallest absolute Gasteiger partial charge is 0.273 e. The molecule has 1 fully saturated rings. The number of nitrogens with two attached hydrogens (primary N) is 1. The molecule has 0 atom stereocenters. The SMILES string of the molecule is N#Cc1cccc(-c2nnc(S(N)(=O)=O)n2C2CC2)c1. The van der Waals surface area contributed by atoms with E-state index in [-0.39, 0.29) is 11.2 Å². The van der Waals surface area contributed by atoms with Gasteiger partial charge in [0.25, 0.3) is 15.2 Å². The van der Waals surface area contributed by atoms with Crippen LogP contribution in [0.4, 0.5) is 0 Å². The zero-order chi connectivity index (χ0) is 14.3. The molecule has 1 aliphatic carbocycles. The molecule has 0 aliphatic heterocycles. The Kier molecular flexibility index (Phi) is 2.81. The lowest BCUT2D eigenvalue weighted by atomic mass is 10.1. The Morgan fingerprint density at radius 2 is 2.10 bits per heavy atom. The number of hydrogen-bond donors (Lipinski definition) is 1. The van der Waals surface area contributed by atoms with Gasteiger partial charge in [0.2, 0.25) is 0 Å². The lowest BCUT2D eigenvalue weighted by molar-refractivity contribution is 0.567. The maximum Gasteiger partial charge on any atom is 0.273 e. The van der Waals surface area contributed by atoms with Gasteiger partial charge in [-0.05, 0) is 25.0 Å². The first-order chi connectivity index (χ1) is 9.50. The molecule has 0 radical (unpaired) electrons. The van der Waals surface area contributed by atoms with Crippen molar-refractivity contribution in [2.24, 2.45) is 5.14 Å². The van der Waals surface area contributed by atoms with Crippen LogP contribution >= 0.6 is 0 Å². The zero-order valence-electron chi connectivity index (χ0n) is 10.4. The fraction of sp³-hybridized carbons (Fsp3) is 0.250. The number of benzene rings is 1. The molecule has 0 bridgehead atoms. The summed E-state index contributed by atoms with van der Waals surface area (Å²) in [5.41, 5.74) is 1.13. The molecule has 1 heterocycles. The first kappa shape index (κ1) is 12.8. The van der Waals surface area contributed by atoms with Crippen LogP contribution in [0.25, 0.3) is 11.4 Å². The van der Waals surface area contributed by atoms with E-state index in [0.717, 1.165) is 12.8 Å². The lowest BCUT2D eigenvalue weighted by Crippen LogP contribution is -2.18. The first-order valence-electron chi connectivity index (χ1n) is 5.99. The number of aromatic nitrogens is 3. The third-order valence-corrected chi connectivity index (χ3v) is 3.87. The Labute approximate surface area is 115 Å². The molecule has 1 aromatic carbocycles. The van der Waals surface area contributed by atoms with Gasteiger partial charge in [-0.3, -0.25) is 4.57 Å². The van der Waals surface area contributed by atoms with Gasteiger partial charge < -0.3 is 0 Å². The lowest BCUT2D eigenvalue weighted by Gasteiger charge is -2.07. The molecule has 0 spiro atoms. The van der Waals surface area contributed by atoms with Crippen LogP contribution < -0.4 is 5.14 Å². The average Bonchev–Trinajstić information content (AvgIpc) is 3.15. The molecule has 8 heteroatoms. The Morgan fingerprint density at radius 1 is 1.35 bits per heavy atom. The van der Waals surface area contributed by atoms with Crippen LogP contribution in [0, 0.1) is 11.3 Å². The summed E-state index contributed by atoms with van der Waals surface area (Å²) in [4.78, 5) is 0. The Morgan fingerprint density at radius 3 is 2.70 bits per heavy atom. The van der Waals surface area contributed by atoms with E-state index in [4.69, 9.17) is 10.4 Å². The summed E-state index contributed by atoms with van der Waals surface area (Å²) in [7, 11) is -3.92. The van der Waals surface area contributed by atoms with Crippen molar-refractivity contribution in [2.75, 3.05) is 0 Å². The van der Waals surface area contributed by atoms with Gasteiger partial charge in [-0.25, -0.2) is 13.6 Å². The van der Waals surface area contributed by atoms with Gasteiger partial charge in [0.1, 0.15) is 0 Å².